The zero-order valence-electron chi connectivity index (χ0n) is 14.1. The Balaban J connectivity index is 2.06. The van der Waals surface area contributed by atoms with Gasteiger partial charge in [-0.25, -0.2) is 4.98 Å². The molecule has 104 valence electrons. The zero-order chi connectivity index (χ0) is 17.3. The molecule has 0 amide bonds. The summed E-state index contributed by atoms with van der Waals surface area (Å²) in [6.07, 6.45) is 4.35. The molecule has 3 aromatic rings. The quantitative estimate of drug-likeness (QED) is 0.641. The Kier molecular flexibility index (Phi) is 2.36. The van der Waals surface area contributed by atoms with E-state index in [-0.39, 0.29) is 5.82 Å². The van der Waals surface area contributed by atoms with Gasteiger partial charge in [-0.05, 0) is 6.07 Å². The van der Waals surface area contributed by atoms with E-state index < -0.39 is 6.98 Å². The van der Waals surface area contributed by atoms with Crippen molar-refractivity contribution in [2.75, 3.05) is 18.1 Å². The van der Waals surface area contributed by atoms with Gasteiger partial charge in [0.2, 0.25) is 0 Å². The van der Waals surface area contributed by atoms with E-state index in [0.29, 0.717) is 27.8 Å². The van der Waals surface area contributed by atoms with Gasteiger partial charge in [0.05, 0.1) is 17.3 Å². The van der Waals surface area contributed by atoms with Crippen molar-refractivity contribution in [3.63, 3.8) is 0 Å². The fourth-order valence-electron chi connectivity index (χ4n) is 1.86. The van der Waals surface area contributed by atoms with Crippen LogP contribution in [-0.2, 0) is 6.98 Å². The van der Waals surface area contributed by atoms with E-state index in [9.17, 15) is 0 Å². The van der Waals surface area contributed by atoms with Gasteiger partial charge in [0.15, 0.2) is 5.82 Å². The highest BCUT2D eigenvalue weighted by atomic mass is 15.2. The van der Waals surface area contributed by atoms with Crippen LogP contribution in [-0.4, -0.2) is 32.0 Å². The molecule has 0 aromatic carbocycles. The molecule has 0 aliphatic carbocycles. The van der Waals surface area contributed by atoms with Crippen LogP contribution < -0.4 is 11.1 Å². The lowest BCUT2D eigenvalue weighted by Gasteiger charge is -2.05. The first-order valence-corrected chi connectivity index (χ1v) is 6.05. The van der Waals surface area contributed by atoms with Crippen molar-refractivity contribution in [1.29, 1.82) is 0 Å². The standard InChI is InChI=1S/C14H13N7/c1-16-14-13-11(5-12(15)19-20-13)10(7-17-14)4-3-9-6-18-21(2)8-9/h5-8H,1-2H3,(H2,15,19)(H,16,17)/i2D3. The number of nitrogen functional groups attached to an aromatic ring is 1. The van der Waals surface area contributed by atoms with Crippen molar-refractivity contribution in [2.45, 2.75) is 0 Å². The normalized spacial score (nSPS) is 12.9. The number of nitrogens with two attached hydrogens (primary N) is 1. The summed E-state index contributed by atoms with van der Waals surface area (Å²) in [7, 11) is 1.73. The van der Waals surface area contributed by atoms with Crippen LogP contribution in [0.15, 0.2) is 24.7 Å². The van der Waals surface area contributed by atoms with E-state index >= 15 is 0 Å². The van der Waals surface area contributed by atoms with E-state index in [2.05, 4.69) is 37.4 Å². The second-order valence-corrected chi connectivity index (χ2v) is 4.23. The molecule has 3 rings (SSSR count). The Hall–Kier alpha value is -3.14. The third kappa shape index (κ3) is 2.47. The first kappa shape index (κ1) is 9.72. The van der Waals surface area contributed by atoms with Crippen LogP contribution >= 0.6 is 0 Å². The summed E-state index contributed by atoms with van der Waals surface area (Å²) in [6.45, 7) is -2.33. The Morgan fingerprint density at radius 3 is 3.00 bits per heavy atom. The van der Waals surface area contributed by atoms with Gasteiger partial charge in [0.1, 0.15) is 11.3 Å². The molecule has 0 saturated carbocycles. The Morgan fingerprint density at radius 1 is 1.33 bits per heavy atom. The lowest BCUT2D eigenvalue weighted by atomic mass is 10.1. The number of rotatable bonds is 1. The molecule has 3 aromatic heterocycles. The summed E-state index contributed by atoms with van der Waals surface area (Å²) in [5, 5.41) is 15.3. The number of hydrogen-bond acceptors (Lipinski definition) is 6. The number of aromatic nitrogens is 5. The minimum Gasteiger partial charge on any atom is -0.382 e. The average molecular weight is 282 g/mol. The molecule has 0 bridgehead atoms. The summed E-state index contributed by atoms with van der Waals surface area (Å²) in [6, 6.07) is 1.67. The predicted octanol–water partition coefficient (Wildman–Crippen LogP) is 0.782. The Labute approximate surface area is 125 Å². The Bertz CT molecular complexity index is 966. The van der Waals surface area contributed by atoms with Crippen molar-refractivity contribution in [3.8, 4) is 11.8 Å². The van der Waals surface area contributed by atoms with Crippen molar-refractivity contribution in [3.05, 3.63) is 35.8 Å². The third-order valence-electron chi connectivity index (χ3n) is 2.81. The molecule has 0 fully saturated rings. The predicted molar refractivity (Wildman–Crippen MR) is 80.5 cm³/mol. The molecular weight excluding hydrogens is 266 g/mol. The molecule has 0 aliphatic rings. The molecule has 7 nitrogen and oxygen atoms in total. The maximum Gasteiger partial charge on any atom is 0.154 e. The smallest absolute Gasteiger partial charge is 0.154 e. The van der Waals surface area contributed by atoms with E-state index in [0.717, 1.165) is 4.68 Å². The second kappa shape index (κ2) is 5.09. The summed E-state index contributed by atoms with van der Waals surface area (Å²) in [5.41, 5.74) is 7.34. The number of nitrogens with zero attached hydrogens (tertiary/aromatic N) is 5. The van der Waals surface area contributed by atoms with Crippen LogP contribution in [0.25, 0.3) is 10.9 Å². The van der Waals surface area contributed by atoms with E-state index in [4.69, 9.17) is 9.85 Å². The number of fused-ring (bicyclic) bond motifs is 1. The van der Waals surface area contributed by atoms with Gasteiger partial charge >= 0.3 is 0 Å². The monoisotopic (exact) mass is 282 g/mol. The van der Waals surface area contributed by atoms with Crippen LogP contribution in [0.4, 0.5) is 11.6 Å². The first-order chi connectivity index (χ1) is 11.4. The summed E-state index contributed by atoms with van der Waals surface area (Å²) < 4.78 is 22.8. The lowest BCUT2D eigenvalue weighted by Crippen LogP contribution is -2.00. The third-order valence-corrected chi connectivity index (χ3v) is 2.81. The fourth-order valence-corrected chi connectivity index (χ4v) is 1.86. The summed E-state index contributed by atoms with van der Waals surface area (Å²) in [5.74, 6) is 6.66. The van der Waals surface area contributed by atoms with Gasteiger partial charge in [-0.1, -0.05) is 11.8 Å². The maximum absolute atomic E-state index is 7.30. The molecule has 0 spiro atoms. The SMILES string of the molecule is [2H]C([2H])([2H])n1cc(C#Cc2cnc(NC)c3nnc(N)cc23)cn1. The van der Waals surface area contributed by atoms with Gasteiger partial charge in [-0.2, -0.15) is 5.10 Å². The highest BCUT2D eigenvalue weighted by molar-refractivity contribution is 5.93. The van der Waals surface area contributed by atoms with Crippen LogP contribution in [0.2, 0.25) is 0 Å². The molecule has 3 N–H and O–H groups in total. The van der Waals surface area contributed by atoms with Crippen molar-refractivity contribution in [1.82, 2.24) is 25.0 Å². The summed E-state index contributed by atoms with van der Waals surface area (Å²) >= 11 is 0. The topological polar surface area (TPSA) is 94.5 Å². The molecule has 0 unspecified atom stereocenters. The number of anilines is 2. The Morgan fingerprint density at radius 2 is 2.24 bits per heavy atom. The molecular formula is C14H13N7. The zero-order valence-corrected chi connectivity index (χ0v) is 11.1. The van der Waals surface area contributed by atoms with Gasteiger partial charge < -0.3 is 11.1 Å². The van der Waals surface area contributed by atoms with Crippen molar-refractivity contribution < 1.29 is 4.11 Å². The van der Waals surface area contributed by atoms with Crippen molar-refractivity contribution in [2.24, 2.45) is 6.98 Å². The first-order valence-electron chi connectivity index (χ1n) is 7.55. The molecule has 0 aliphatic heterocycles. The lowest BCUT2D eigenvalue weighted by molar-refractivity contribution is 0.767. The van der Waals surface area contributed by atoms with E-state index in [1.165, 1.54) is 12.4 Å². The van der Waals surface area contributed by atoms with Gasteiger partial charge in [-0.15, -0.1) is 10.2 Å². The van der Waals surface area contributed by atoms with Gasteiger partial charge in [0.25, 0.3) is 0 Å². The van der Waals surface area contributed by atoms with E-state index in [1.807, 2.05) is 0 Å². The van der Waals surface area contributed by atoms with Gasteiger partial charge in [0, 0.05) is 35.9 Å². The minimum absolute atomic E-state index is 0.272. The molecule has 0 saturated heterocycles. The average Bonchev–Trinajstić information content (AvgIpc) is 3.01. The van der Waals surface area contributed by atoms with Crippen LogP contribution in [0.3, 0.4) is 0 Å². The molecule has 0 atom stereocenters. The molecule has 0 radical (unpaired) electrons. The van der Waals surface area contributed by atoms with E-state index in [1.54, 1.807) is 19.3 Å². The minimum atomic E-state index is -2.33. The molecule has 3 heterocycles. The van der Waals surface area contributed by atoms with Crippen LogP contribution in [0, 0.1) is 11.8 Å². The molecule has 7 heteroatoms. The van der Waals surface area contributed by atoms with Crippen molar-refractivity contribution >= 4 is 22.5 Å². The second-order valence-electron chi connectivity index (χ2n) is 4.23. The number of hydrogen-bond donors (Lipinski definition) is 2. The number of pyridine rings is 1. The maximum atomic E-state index is 7.30. The number of nitrogens with one attached hydrogen (secondary N) is 1. The molecule has 21 heavy (non-hydrogen) atoms. The highest BCUT2D eigenvalue weighted by Crippen LogP contribution is 2.22. The largest absolute Gasteiger partial charge is 0.382 e. The van der Waals surface area contributed by atoms with Crippen LogP contribution in [0.5, 0.6) is 0 Å². The van der Waals surface area contributed by atoms with Crippen LogP contribution in [0.1, 0.15) is 15.2 Å². The number of aryl methyl sites for hydroxylation is 1. The highest BCUT2D eigenvalue weighted by Gasteiger charge is 2.08. The fraction of sp³-hybridized carbons (Fsp3) is 0.143. The van der Waals surface area contributed by atoms with Gasteiger partial charge in [-0.3, -0.25) is 4.68 Å². The summed E-state index contributed by atoms with van der Waals surface area (Å²) in [4.78, 5) is 4.24.